The average molecular weight is 281 g/mol. The van der Waals surface area contributed by atoms with E-state index in [9.17, 15) is 0 Å². The number of hydrogen-bond acceptors (Lipinski definition) is 5. The first-order valence-corrected chi connectivity index (χ1v) is 7.12. The molecule has 0 amide bonds. The second-order valence-electron chi connectivity index (χ2n) is 4.68. The highest BCUT2D eigenvalue weighted by Gasteiger charge is 2.10. The van der Waals surface area contributed by atoms with Gasteiger partial charge in [-0.05, 0) is 31.2 Å². The van der Waals surface area contributed by atoms with Gasteiger partial charge in [-0.3, -0.25) is 0 Å². The largest absolute Gasteiger partial charge is 0.383 e. The number of aryl methyl sites for hydroxylation is 1. The van der Waals surface area contributed by atoms with E-state index in [1.54, 1.807) is 14.2 Å². The SMILES string of the molecule is CCc1cc(CNC)cc(N(CCOC)CCOC)n1. The van der Waals surface area contributed by atoms with Gasteiger partial charge in [0.2, 0.25) is 0 Å². The topological polar surface area (TPSA) is 46.6 Å². The van der Waals surface area contributed by atoms with Gasteiger partial charge in [0.15, 0.2) is 0 Å². The molecule has 5 heteroatoms. The van der Waals surface area contributed by atoms with Gasteiger partial charge in [-0.2, -0.15) is 0 Å². The molecular weight excluding hydrogens is 254 g/mol. The zero-order valence-corrected chi connectivity index (χ0v) is 13.1. The molecular formula is C15H27N3O2. The van der Waals surface area contributed by atoms with Crippen LogP contribution in [0.2, 0.25) is 0 Å². The number of nitrogens with zero attached hydrogens (tertiary/aromatic N) is 2. The standard InChI is InChI=1S/C15H27N3O2/c1-5-14-10-13(12-16-2)11-15(17-14)18(6-8-19-3)7-9-20-4/h10-11,16H,5-9,12H2,1-4H3. The van der Waals surface area contributed by atoms with E-state index >= 15 is 0 Å². The minimum Gasteiger partial charge on any atom is -0.383 e. The zero-order valence-electron chi connectivity index (χ0n) is 13.1. The summed E-state index contributed by atoms with van der Waals surface area (Å²) in [4.78, 5) is 6.94. The molecule has 1 rings (SSSR count). The van der Waals surface area contributed by atoms with E-state index in [1.807, 2.05) is 7.05 Å². The molecule has 1 aromatic heterocycles. The Balaban J connectivity index is 2.93. The molecule has 114 valence electrons. The summed E-state index contributed by atoms with van der Waals surface area (Å²) in [7, 11) is 5.40. The van der Waals surface area contributed by atoms with Crippen molar-refractivity contribution < 1.29 is 9.47 Å². The van der Waals surface area contributed by atoms with Gasteiger partial charge < -0.3 is 19.7 Å². The summed E-state index contributed by atoms with van der Waals surface area (Å²) in [5, 5.41) is 3.19. The van der Waals surface area contributed by atoms with E-state index in [0.717, 1.165) is 37.6 Å². The van der Waals surface area contributed by atoms with E-state index in [0.29, 0.717) is 13.2 Å². The summed E-state index contributed by atoms with van der Waals surface area (Å²) in [6.07, 6.45) is 0.937. The normalized spacial score (nSPS) is 10.8. The number of anilines is 1. The third kappa shape index (κ3) is 5.45. The summed E-state index contributed by atoms with van der Waals surface area (Å²) < 4.78 is 10.4. The fourth-order valence-electron chi connectivity index (χ4n) is 2.03. The molecule has 0 atom stereocenters. The Bertz CT molecular complexity index is 377. The Morgan fingerprint density at radius 1 is 1.15 bits per heavy atom. The zero-order chi connectivity index (χ0) is 14.8. The molecule has 0 spiro atoms. The number of hydrogen-bond donors (Lipinski definition) is 1. The highest BCUT2D eigenvalue weighted by molar-refractivity contribution is 5.43. The van der Waals surface area contributed by atoms with Crippen LogP contribution in [-0.2, 0) is 22.4 Å². The van der Waals surface area contributed by atoms with Crippen molar-refractivity contribution in [3.63, 3.8) is 0 Å². The summed E-state index contributed by atoms with van der Waals surface area (Å²) in [6.45, 7) is 5.99. The molecule has 0 radical (unpaired) electrons. The van der Waals surface area contributed by atoms with Crippen LogP contribution in [0.25, 0.3) is 0 Å². The van der Waals surface area contributed by atoms with Gasteiger partial charge in [0.05, 0.1) is 13.2 Å². The maximum absolute atomic E-state index is 5.19. The Morgan fingerprint density at radius 3 is 2.30 bits per heavy atom. The molecule has 0 aliphatic carbocycles. The smallest absolute Gasteiger partial charge is 0.129 e. The Kier molecular flexibility index (Phi) is 8.18. The summed E-state index contributed by atoms with van der Waals surface area (Å²) >= 11 is 0. The van der Waals surface area contributed by atoms with Crippen molar-refractivity contribution in [1.29, 1.82) is 0 Å². The van der Waals surface area contributed by atoms with Crippen LogP contribution in [0.5, 0.6) is 0 Å². The predicted octanol–water partition coefficient (Wildman–Crippen LogP) is 1.46. The second kappa shape index (κ2) is 9.69. The van der Waals surface area contributed by atoms with Crippen LogP contribution in [-0.4, -0.2) is 52.6 Å². The van der Waals surface area contributed by atoms with Crippen molar-refractivity contribution in [3.05, 3.63) is 23.4 Å². The lowest BCUT2D eigenvalue weighted by Gasteiger charge is -2.24. The maximum atomic E-state index is 5.19. The molecule has 1 aromatic rings. The number of pyridine rings is 1. The highest BCUT2D eigenvalue weighted by atomic mass is 16.5. The van der Waals surface area contributed by atoms with Crippen LogP contribution >= 0.6 is 0 Å². The monoisotopic (exact) mass is 281 g/mol. The molecule has 1 N–H and O–H groups in total. The molecule has 0 saturated heterocycles. The lowest BCUT2D eigenvalue weighted by molar-refractivity contribution is 0.190. The quantitative estimate of drug-likeness (QED) is 0.703. The number of rotatable bonds is 10. The first kappa shape index (κ1) is 16.9. The first-order valence-electron chi connectivity index (χ1n) is 7.12. The maximum Gasteiger partial charge on any atom is 0.129 e. The first-order chi connectivity index (χ1) is 9.74. The van der Waals surface area contributed by atoms with Crippen molar-refractivity contribution >= 4 is 5.82 Å². The third-order valence-electron chi connectivity index (χ3n) is 3.12. The molecule has 0 fully saturated rings. The lowest BCUT2D eigenvalue weighted by Crippen LogP contribution is -2.31. The number of aromatic nitrogens is 1. The molecule has 0 saturated carbocycles. The van der Waals surface area contributed by atoms with E-state index < -0.39 is 0 Å². The molecule has 1 heterocycles. The molecule has 0 aliphatic heterocycles. The van der Waals surface area contributed by atoms with Crippen molar-refractivity contribution in [1.82, 2.24) is 10.3 Å². The van der Waals surface area contributed by atoms with Crippen molar-refractivity contribution in [2.75, 3.05) is 52.5 Å². The molecule has 5 nitrogen and oxygen atoms in total. The predicted molar refractivity (Wildman–Crippen MR) is 82.3 cm³/mol. The van der Waals surface area contributed by atoms with Crippen LogP contribution in [0, 0.1) is 0 Å². The summed E-state index contributed by atoms with van der Waals surface area (Å²) in [6, 6.07) is 4.30. The van der Waals surface area contributed by atoms with Gasteiger partial charge >= 0.3 is 0 Å². The van der Waals surface area contributed by atoms with Crippen LogP contribution in [0.1, 0.15) is 18.2 Å². The van der Waals surface area contributed by atoms with Crippen LogP contribution in [0.3, 0.4) is 0 Å². The molecule has 20 heavy (non-hydrogen) atoms. The van der Waals surface area contributed by atoms with Gasteiger partial charge in [-0.1, -0.05) is 6.92 Å². The van der Waals surface area contributed by atoms with Gasteiger partial charge in [0.1, 0.15) is 5.82 Å². The fourth-order valence-corrected chi connectivity index (χ4v) is 2.03. The minimum atomic E-state index is 0.684. The van der Waals surface area contributed by atoms with E-state index in [1.165, 1.54) is 5.56 Å². The van der Waals surface area contributed by atoms with Crippen LogP contribution in [0.15, 0.2) is 12.1 Å². The fraction of sp³-hybridized carbons (Fsp3) is 0.667. The Labute approximate surface area is 122 Å². The molecule has 0 aliphatic rings. The molecule has 0 bridgehead atoms. The van der Waals surface area contributed by atoms with Crippen molar-refractivity contribution in [2.45, 2.75) is 19.9 Å². The van der Waals surface area contributed by atoms with Gasteiger partial charge in [-0.15, -0.1) is 0 Å². The van der Waals surface area contributed by atoms with Gasteiger partial charge in [0.25, 0.3) is 0 Å². The van der Waals surface area contributed by atoms with Crippen LogP contribution < -0.4 is 10.2 Å². The highest BCUT2D eigenvalue weighted by Crippen LogP contribution is 2.16. The van der Waals surface area contributed by atoms with Gasteiger partial charge in [0, 0.05) is 39.5 Å². The second-order valence-corrected chi connectivity index (χ2v) is 4.68. The van der Waals surface area contributed by atoms with E-state index in [-0.39, 0.29) is 0 Å². The third-order valence-corrected chi connectivity index (χ3v) is 3.12. The lowest BCUT2D eigenvalue weighted by atomic mass is 10.2. The minimum absolute atomic E-state index is 0.684. The number of methoxy groups -OCH3 is 2. The number of ether oxygens (including phenoxy) is 2. The van der Waals surface area contributed by atoms with Gasteiger partial charge in [-0.25, -0.2) is 4.98 Å². The molecule has 0 aromatic carbocycles. The molecule has 0 unspecified atom stereocenters. The average Bonchev–Trinajstić information content (AvgIpc) is 2.47. The summed E-state index contributed by atoms with van der Waals surface area (Å²) in [5.74, 6) is 1.00. The Morgan fingerprint density at radius 2 is 1.80 bits per heavy atom. The summed E-state index contributed by atoms with van der Waals surface area (Å²) in [5.41, 5.74) is 2.38. The van der Waals surface area contributed by atoms with E-state index in [2.05, 4.69) is 29.3 Å². The van der Waals surface area contributed by atoms with E-state index in [4.69, 9.17) is 14.5 Å². The number of nitrogens with one attached hydrogen (secondary N) is 1. The Hall–Kier alpha value is -1.17. The van der Waals surface area contributed by atoms with Crippen molar-refractivity contribution in [3.8, 4) is 0 Å². The van der Waals surface area contributed by atoms with Crippen molar-refractivity contribution in [2.24, 2.45) is 0 Å². The van der Waals surface area contributed by atoms with Crippen LogP contribution in [0.4, 0.5) is 5.82 Å².